The topological polar surface area (TPSA) is 43.5 Å². The highest BCUT2D eigenvalue weighted by Crippen LogP contribution is 2.45. The van der Waals surface area contributed by atoms with Crippen molar-refractivity contribution in [2.24, 2.45) is 0 Å². The molecule has 40 heavy (non-hydrogen) atoms. The van der Waals surface area contributed by atoms with E-state index in [-0.39, 0.29) is 24.0 Å². The van der Waals surface area contributed by atoms with Crippen molar-refractivity contribution in [3.63, 3.8) is 0 Å². The van der Waals surface area contributed by atoms with Gasteiger partial charge in [0.2, 0.25) is 0 Å². The third-order valence-electron chi connectivity index (χ3n) is 7.97. The van der Waals surface area contributed by atoms with Crippen LogP contribution in [0.1, 0.15) is 49.0 Å². The van der Waals surface area contributed by atoms with Gasteiger partial charge in [0.05, 0.1) is 19.3 Å². The fourth-order valence-electron chi connectivity index (χ4n) is 6.16. The molecule has 2 N–H and O–H groups in total. The number of nitrogens with one attached hydrogen (secondary N) is 2. The van der Waals surface area contributed by atoms with Crippen LogP contribution in [0.4, 0.5) is 32.0 Å². The number of piperidine rings is 1. The number of anilines is 1. The van der Waals surface area contributed by atoms with E-state index < -0.39 is 31.4 Å². The Bertz CT molecular complexity index is 1290. The summed E-state index contributed by atoms with van der Waals surface area (Å²) >= 11 is 0. The van der Waals surface area contributed by atoms with E-state index in [0.717, 1.165) is 42.4 Å². The van der Waals surface area contributed by atoms with Crippen LogP contribution in [0.2, 0.25) is 0 Å². The number of aromatic nitrogens is 1. The molecule has 0 spiro atoms. The number of nitrogens with zero attached hydrogens (tertiary/aromatic N) is 2. The number of hydrogen-bond donors (Lipinski definition) is 2. The van der Waals surface area contributed by atoms with Gasteiger partial charge in [-0.05, 0) is 50.3 Å². The van der Waals surface area contributed by atoms with E-state index in [1.807, 2.05) is 24.3 Å². The zero-order valence-corrected chi connectivity index (χ0v) is 22.3. The maximum absolute atomic E-state index is 13.8. The molecule has 0 aliphatic carbocycles. The van der Waals surface area contributed by atoms with Crippen molar-refractivity contribution in [2.75, 3.05) is 38.2 Å². The molecule has 1 fully saturated rings. The highest BCUT2D eigenvalue weighted by atomic mass is 19.4. The first-order valence-corrected chi connectivity index (χ1v) is 13.7. The molecule has 5 nitrogen and oxygen atoms in total. The maximum atomic E-state index is 13.8. The molecule has 0 radical (unpaired) electrons. The molecule has 11 heteroatoms. The number of H-pyrrole nitrogens is 1. The lowest BCUT2D eigenvalue weighted by molar-refractivity contribution is -0.155. The van der Waals surface area contributed by atoms with Crippen LogP contribution in [-0.2, 0) is 6.42 Å². The van der Waals surface area contributed by atoms with E-state index in [1.54, 1.807) is 19.1 Å². The number of rotatable bonds is 9. The average molecular weight is 569 g/mol. The molecule has 2 aliphatic heterocycles. The summed E-state index contributed by atoms with van der Waals surface area (Å²) in [4.78, 5) is 6.79. The van der Waals surface area contributed by atoms with Gasteiger partial charge in [-0.25, -0.2) is 0 Å². The van der Waals surface area contributed by atoms with Gasteiger partial charge in [0.25, 0.3) is 0 Å². The van der Waals surface area contributed by atoms with Gasteiger partial charge in [0, 0.05) is 65.6 Å². The Morgan fingerprint density at radius 3 is 2.55 bits per heavy atom. The predicted octanol–water partition coefficient (Wildman–Crippen LogP) is 6.90. The van der Waals surface area contributed by atoms with Gasteiger partial charge >= 0.3 is 12.8 Å². The largest absolute Gasteiger partial charge is 0.434 e. The molecule has 3 aromatic rings. The summed E-state index contributed by atoms with van der Waals surface area (Å²) in [5.41, 5.74) is 3.03. The number of ether oxygens (including phenoxy) is 1. The van der Waals surface area contributed by atoms with E-state index in [0.29, 0.717) is 30.8 Å². The van der Waals surface area contributed by atoms with Crippen LogP contribution in [0, 0.1) is 0 Å². The quantitative estimate of drug-likeness (QED) is 0.276. The van der Waals surface area contributed by atoms with Crippen molar-refractivity contribution in [1.29, 1.82) is 0 Å². The molecule has 0 amide bonds. The number of likely N-dealkylation sites (tertiary alicyclic amines) is 1. The van der Waals surface area contributed by atoms with Crippen LogP contribution >= 0.6 is 0 Å². The lowest BCUT2D eigenvalue weighted by atomic mass is 9.88. The SMILES string of the molecule is C[C@@H]1Cc2c([nH]c3ccccc23)[C@@H](c2ccc(NC3CCN(CCCF)CC3)cc2OC(F)F)N1CC(F)(F)F. The third-order valence-corrected chi connectivity index (χ3v) is 7.97. The van der Waals surface area contributed by atoms with Gasteiger partial charge in [-0.2, -0.15) is 22.0 Å². The first-order chi connectivity index (χ1) is 19.1. The van der Waals surface area contributed by atoms with Crippen molar-refractivity contribution in [3.8, 4) is 5.75 Å². The fourth-order valence-corrected chi connectivity index (χ4v) is 6.16. The summed E-state index contributed by atoms with van der Waals surface area (Å²) in [6.45, 7) is -0.661. The Morgan fingerprint density at radius 2 is 1.85 bits per heavy atom. The molecule has 2 aromatic carbocycles. The standard InChI is InChI=1S/C29H34F6N4O/c1-18-15-23-21-5-2-3-6-24(21)37-26(23)27(39(18)17-29(33,34)35)22-8-7-20(16-25(22)40-28(31)32)36-19-9-13-38(14-10-19)12-4-11-30/h2-3,5-8,16,18-19,27-28,36-37H,4,9-15,17H2,1H3/t18-,27-/m1/s1. The molecule has 0 bridgehead atoms. The van der Waals surface area contributed by atoms with Crippen molar-refractivity contribution in [3.05, 3.63) is 59.3 Å². The summed E-state index contributed by atoms with van der Waals surface area (Å²) in [6.07, 6.45) is -1.99. The van der Waals surface area contributed by atoms with Gasteiger partial charge in [-0.1, -0.05) is 24.3 Å². The fraction of sp³-hybridized carbons (Fsp3) is 0.517. The average Bonchev–Trinajstić information content (AvgIpc) is 3.26. The van der Waals surface area contributed by atoms with Gasteiger partial charge in [-0.3, -0.25) is 9.29 Å². The smallest absolute Gasteiger partial charge is 0.401 e. The summed E-state index contributed by atoms with van der Waals surface area (Å²) in [5, 5.41) is 4.28. The van der Waals surface area contributed by atoms with E-state index in [9.17, 15) is 26.3 Å². The van der Waals surface area contributed by atoms with Crippen LogP contribution in [0.25, 0.3) is 10.9 Å². The zero-order chi connectivity index (χ0) is 28.4. The molecular formula is C29H34F6N4O. The molecular weight excluding hydrogens is 534 g/mol. The number of fused-ring (bicyclic) bond motifs is 3. The normalized spacial score (nSPS) is 21.2. The molecule has 218 valence electrons. The van der Waals surface area contributed by atoms with Crippen LogP contribution in [0.15, 0.2) is 42.5 Å². The molecule has 0 saturated carbocycles. The number of alkyl halides is 6. The Morgan fingerprint density at radius 1 is 1.10 bits per heavy atom. The maximum Gasteiger partial charge on any atom is 0.401 e. The number of halogens is 6. The van der Waals surface area contributed by atoms with E-state index >= 15 is 0 Å². The molecule has 0 unspecified atom stereocenters. The van der Waals surface area contributed by atoms with Crippen LogP contribution in [0.5, 0.6) is 5.75 Å². The van der Waals surface area contributed by atoms with Gasteiger partial charge in [-0.15, -0.1) is 0 Å². The van der Waals surface area contributed by atoms with E-state index in [4.69, 9.17) is 4.74 Å². The second-order valence-electron chi connectivity index (χ2n) is 10.7. The summed E-state index contributed by atoms with van der Waals surface area (Å²) < 4.78 is 86.1. The minimum Gasteiger partial charge on any atom is -0.434 e. The van der Waals surface area contributed by atoms with Crippen molar-refractivity contribution < 1.29 is 31.1 Å². The van der Waals surface area contributed by atoms with Gasteiger partial charge < -0.3 is 19.9 Å². The summed E-state index contributed by atoms with van der Waals surface area (Å²) in [6, 6.07) is 10.9. The monoisotopic (exact) mass is 568 g/mol. The minimum absolute atomic E-state index is 0.0867. The molecule has 1 saturated heterocycles. The lowest BCUT2D eigenvalue weighted by Gasteiger charge is -2.41. The highest BCUT2D eigenvalue weighted by Gasteiger charge is 2.43. The first-order valence-electron chi connectivity index (χ1n) is 13.7. The Hall–Kier alpha value is -2.92. The van der Waals surface area contributed by atoms with Gasteiger partial charge in [0.15, 0.2) is 0 Å². The Labute approximate surface area is 229 Å². The molecule has 2 atom stereocenters. The molecule has 1 aromatic heterocycles. The summed E-state index contributed by atoms with van der Waals surface area (Å²) in [7, 11) is 0. The van der Waals surface area contributed by atoms with Crippen LogP contribution in [-0.4, -0.2) is 72.5 Å². The van der Waals surface area contributed by atoms with E-state index in [1.165, 1.54) is 11.0 Å². The van der Waals surface area contributed by atoms with Gasteiger partial charge in [0.1, 0.15) is 5.75 Å². The van der Waals surface area contributed by atoms with E-state index in [2.05, 4.69) is 15.2 Å². The van der Waals surface area contributed by atoms with Crippen LogP contribution < -0.4 is 10.1 Å². The van der Waals surface area contributed by atoms with Crippen molar-refractivity contribution >= 4 is 16.6 Å². The molecule has 2 aliphatic rings. The van der Waals surface area contributed by atoms with Crippen molar-refractivity contribution in [2.45, 2.75) is 63.5 Å². The summed E-state index contributed by atoms with van der Waals surface area (Å²) in [5.74, 6) is -0.156. The van der Waals surface area contributed by atoms with Crippen molar-refractivity contribution in [1.82, 2.24) is 14.8 Å². The number of para-hydroxylation sites is 1. The predicted molar refractivity (Wildman–Crippen MR) is 143 cm³/mol. The second-order valence-corrected chi connectivity index (χ2v) is 10.7. The number of aromatic amines is 1. The first kappa shape index (κ1) is 28.6. The Kier molecular flexibility index (Phi) is 8.51. The molecule has 3 heterocycles. The molecule has 5 rings (SSSR count). The second kappa shape index (κ2) is 11.9. The lowest BCUT2D eigenvalue weighted by Crippen LogP contribution is -2.47. The Balaban J connectivity index is 1.49. The minimum atomic E-state index is -4.49. The number of hydrogen-bond acceptors (Lipinski definition) is 4. The zero-order valence-electron chi connectivity index (χ0n) is 22.3. The van der Waals surface area contributed by atoms with Crippen LogP contribution in [0.3, 0.4) is 0 Å². The highest BCUT2D eigenvalue weighted by molar-refractivity contribution is 5.85. The third kappa shape index (κ3) is 6.35. The number of benzene rings is 2.